The van der Waals surface area contributed by atoms with Gasteiger partial charge in [-0.05, 0) is 66.9 Å². The van der Waals surface area contributed by atoms with Gasteiger partial charge < -0.3 is 10.1 Å². The Morgan fingerprint density at radius 2 is 1.74 bits per heavy atom. The molecular formula is C29H22ClN3O6S3. The van der Waals surface area contributed by atoms with Crippen molar-refractivity contribution in [1.29, 1.82) is 0 Å². The molecule has 0 saturated carbocycles. The molecule has 3 atom stereocenters. The number of carbonyl (C=O) groups excluding carboxylic acids is 4. The first kappa shape index (κ1) is 28.4. The molecule has 1 N–H and O–H groups in total. The number of nitrogens with one attached hydrogen (secondary N) is 1. The number of ether oxygens (including phenoxy) is 1. The van der Waals surface area contributed by atoms with Gasteiger partial charge in [-0.3, -0.25) is 23.7 Å². The lowest BCUT2D eigenvalue weighted by Crippen LogP contribution is -2.32. The molecule has 9 nitrogen and oxygen atoms in total. The van der Waals surface area contributed by atoms with Gasteiger partial charge in [0.1, 0.15) is 11.8 Å². The van der Waals surface area contributed by atoms with Crippen molar-refractivity contribution < 1.29 is 23.9 Å². The van der Waals surface area contributed by atoms with Crippen molar-refractivity contribution in [3.05, 3.63) is 96.1 Å². The highest BCUT2D eigenvalue weighted by molar-refractivity contribution is 8.00. The van der Waals surface area contributed by atoms with Gasteiger partial charge >= 0.3 is 10.8 Å². The van der Waals surface area contributed by atoms with E-state index in [1.807, 2.05) is 17.5 Å². The highest BCUT2D eigenvalue weighted by Gasteiger charge is 2.57. The minimum Gasteiger partial charge on any atom is -0.462 e. The van der Waals surface area contributed by atoms with Crippen molar-refractivity contribution in [2.45, 2.75) is 29.7 Å². The summed E-state index contributed by atoms with van der Waals surface area (Å²) >= 11 is 9.52. The van der Waals surface area contributed by atoms with Gasteiger partial charge in [-0.2, -0.15) is 0 Å². The molecule has 0 radical (unpaired) electrons. The summed E-state index contributed by atoms with van der Waals surface area (Å²) in [5.41, 5.74) is 1.19. The maximum atomic E-state index is 13.9. The number of fused-ring (bicyclic) bond motifs is 2. The van der Waals surface area contributed by atoms with Crippen molar-refractivity contribution >= 4 is 81.1 Å². The highest BCUT2D eigenvalue weighted by Crippen LogP contribution is 2.54. The molecule has 1 fully saturated rings. The zero-order valence-corrected chi connectivity index (χ0v) is 25.1. The maximum absolute atomic E-state index is 13.9. The third-order valence-electron chi connectivity index (χ3n) is 6.97. The van der Waals surface area contributed by atoms with Crippen molar-refractivity contribution in [3.63, 3.8) is 0 Å². The number of thiazole rings is 1. The van der Waals surface area contributed by atoms with Crippen LogP contribution in [0.2, 0.25) is 5.02 Å². The third-order valence-corrected chi connectivity index (χ3v) is 10.8. The number of anilines is 2. The molecule has 1 saturated heterocycles. The summed E-state index contributed by atoms with van der Waals surface area (Å²) in [5, 5.41) is 4.89. The molecule has 0 spiro atoms. The molecule has 42 heavy (non-hydrogen) atoms. The largest absolute Gasteiger partial charge is 0.462 e. The molecule has 0 aliphatic carbocycles. The number of rotatable bonds is 7. The van der Waals surface area contributed by atoms with E-state index in [4.69, 9.17) is 16.3 Å². The third kappa shape index (κ3) is 5.08. The monoisotopic (exact) mass is 639 g/mol. The van der Waals surface area contributed by atoms with E-state index in [1.54, 1.807) is 43.3 Å². The van der Waals surface area contributed by atoms with Crippen molar-refractivity contribution in [1.82, 2.24) is 4.57 Å². The Hall–Kier alpha value is -3.71. The number of benzene rings is 2. The molecule has 2 aliphatic heterocycles. The van der Waals surface area contributed by atoms with E-state index in [1.165, 1.54) is 28.0 Å². The molecule has 2 unspecified atom stereocenters. The number of thiophene rings is 1. The summed E-state index contributed by atoms with van der Waals surface area (Å²) in [4.78, 5) is 68.3. The second kappa shape index (κ2) is 11.5. The van der Waals surface area contributed by atoms with Crippen LogP contribution in [0.4, 0.5) is 11.4 Å². The number of esters is 1. The number of amides is 3. The van der Waals surface area contributed by atoms with Gasteiger partial charge in [0.15, 0.2) is 0 Å². The first-order chi connectivity index (χ1) is 20.3. The number of carbonyl (C=O) groups is 4. The van der Waals surface area contributed by atoms with Gasteiger partial charge in [0.05, 0.1) is 28.8 Å². The van der Waals surface area contributed by atoms with Gasteiger partial charge in [0.2, 0.25) is 17.7 Å². The summed E-state index contributed by atoms with van der Waals surface area (Å²) < 4.78 is 6.41. The number of hydrogen-bond donors (Lipinski definition) is 1. The van der Waals surface area contributed by atoms with Gasteiger partial charge in [-0.15, -0.1) is 11.3 Å². The first-order valence-electron chi connectivity index (χ1n) is 12.9. The van der Waals surface area contributed by atoms with Crippen LogP contribution in [0.5, 0.6) is 0 Å². The minimum atomic E-state index is -0.804. The number of imide groups is 1. The van der Waals surface area contributed by atoms with Crippen LogP contribution in [-0.4, -0.2) is 40.1 Å². The molecule has 0 bridgehead atoms. The number of nitrogens with zero attached hydrogens (tertiary/aromatic N) is 2. The summed E-state index contributed by atoms with van der Waals surface area (Å²) in [6.07, 6.45) is 0. The van der Waals surface area contributed by atoms with Crippen LogP contribution in [-0.2, 0) is 25.7 Å². The van der Waals surface area contributed by atoms with Crippen molar-refractivity contribution in [2.24, 2.45) is 5.92 Å². The van der Waals surface area contributed by atoms with Gasteiger partial charge in [-0.1, -0.05) is 40.8 Å². The zero-order chi connectivity index (χ0) is 29.5. The summed E-state index contributed by atoms with van der Waals surface area (Å²) in [5.74, 6) is -2.96. The number of aromatic nitrogens is 1. The average Bonchev–Trinajstić information content (AvgIpc) is 3.67. The molecule has 4 heterocycles. The van der Waals surface area contributed by atoms with Gasteiger partial charge in [0.25, 0.3) is 0 Å². The number of hydrogen-bond acceptors (Lipinski definition) is 9. The summed E-state index contributed by atoms with van der Waals surface area (Å²) in [6, 6.07) is 16.5. The summed E-state index contributed by atoms with van der Waals surface area (Å²) in [7, 11) is 0. The van der Waals surface area contributed by atoms with E-state index in [2.05, 4.69) is 5.32 Å². The molecule has 2 aromatic heterocycles. The predicted molar refractivity (Wildman–Crippen MR) is 163 cm³/mol. The molecular weight excluding hydrogens is 618 g/mol. The van der Waals surface area contributed by atoms with E-state index in [-0.39, 0.29) is 23.9 Å². The van der Waals surface area contributed by atoms with Crippen LogP contribution < -0.4 is 15.1 Å². The smallest absolute Gasteiger partial charge is 0.338 e. The van der Waals surface area contributed by atoms with Gasteiger partial charge in [-0.25, -0.2) is 9.69 Å². The van der Waals surface area contributed by atoms with E-state index in [9.17, 15) is 24.0 Å². The maximum Gasteiger partial charge on any atom is 0.338 e. The molecule has 3 amide bonds. The predicted octanol–water partition coefficient (Wildman–Crippen LogP) is 5.24. The Bertz CT molecular complexity index is 1750. The average molecular weight is 640 g/mol. The highest BCUT2D eigenvalue weighted by atomic mass is 35.5. The van der Waals surface area contributed by atoms with Crippen LogP contribution in [0.15, 0.2) is 75.9 Å². The van der Waals surface area contributed by atoms with E-state index in [0.29, 0.717) is 31.9 Å². The number of halogens is 1. The van der Waals surface area contributed by atoms with Crippen LogP contribution in [0.1, 0.15) is 33.0 Å². The normalized spacial score (nSPS) is 19.4. The van der Waals surface area contributed by atoms with Crippen LogP contribution >= 0.6 is 46.0 Å². The Labute approximate surface area is 257 Å². The van der Waals surface area contributed by atoms with Crippen molar-refractivity contribution in [2.75, 3.05) is 16.8 Å². The number of thioether (sulfide) groups is 1. The first-order valence-corrected chi connectivity index (χ1v) is 15.9. The topological polar surface area (TPSA) is 115 Å². The molecule has 4 aromatic rings. The van der Waals surface area contributed by atoms with Crippen LogP contribution in [0.3, 0.4) is 0 Å². The van der Waals surface area contributed by atoms with E-state index < -0.39 is 34.9 Å². The summed E-state index contributed by atoms with van der Waals surface area (Å²) in [6.45, 7) is 1.68. The zero-order valence-electron chi connectivity index (χ0n) is 21.9. The molecule has 6 rings (SSSR count). The second-order valence-corrected chi connectivity index (χ2v) is 13.1. The lowest BCUT2D eigenvalue weighted by atomic mass is 9.87. The van der Waals surface area contributed by atoms with Crippen LogP contribution in [0.25, 0.3) is 0 Å². The molecule has 13 heteroatoms. The molecule has 2 aromatic carbocycles. The Morgan fingerprint density at radius 3 is 2.40 bits per heavy atom. The fraction of sp³-hybridized carbons (Fsp3) is 0.207. The van der Waals surface area contributed by atoms with E-state index in [0.717, 1.165) is 32.9 Å². The molecule has 2 aliphatic rings. The Balaban J connectivity index is 1.34. The van der Waals surface area contributed by atoms with Crippen LogP contribution in [0, 0.1) is 5.92 Å². The Kier molecular flexibility index (Phi) is 7.79. The Morgan fingerprint density at radius 1 is 1.00 bits per heavy atom. The second-order valence-electron chi connectivity index (χ2n) is 9.52. The quantitative estimate of drug-likeness (QED) is 0.217. The standard InChI is InChI=1S/C29H22ClN3O6S3/c1-2-39-28(37)15-5-11-18(12-6-15)33-25(35)22-21(19-4-3-13-40-19)24-27(41-23(22)26(33)36)32(29(38)42-24)14-20(34)31-17-9-7-16(30)8-10-17/h3-13,21-23H,2,14H2,1H3,(H,31,34)/t21-,22?,23?/m1/s1. The van der Waals surface area contributed by atoms with E-state index >= 15 is 0 Å². The van der Waals surface area contributed by atoms with Crippen molar-refractivity contribution in [3.8, 4) is 0 Å². The van der Waals surface area contributed by atoms with Gasteiger partial charge in [0, 0.05) is 26.4 Å². The minimum absolute atomic E-state index is 0.229. The fourth-order valence-corrected chi connectivity index (χ4v) is 8.97. The lowest BCUT2D eigenvalue weighted by molar-refractivity contribution is -0.122. The SMILES string of the molecule is CCOC(=O)c1ccc(N2C(=O)C3Sc4c(sc(=O)n4CC(=O)Nc4ccc(Cl)cc4)[C@H](c4cccs4)C3C2=O)cc1. The lowest BCUT2D eigenvalue weighted by Gasteiger charge is -2.29. The fourth-order valence-electron chi connectivity index (χ4n) is 5.12. The molecule has 214 valence electrons.